The number of carbonyl (C=O) groups excluding carboxylic acids is 2. The topological polar surface area (TPSA) is 71.1 Å². The predicted molar refractivity (Wildman–Crippen MR) is 193 cm³/mol. The van der Waals surface area contributed by atoms with E-state index in [0.29, 0.717) is 5.56 Å². The van der Waals surface area contributed by atoms with E-state index in [1.807, 2.05) is 127 Å². The van der Waals surface area contributed by atoms with Gasteiger partial charge in [0.1, 0.15) is 6.10 Å². The molecule has 0 aliphatic rings. The molecule has 0 saturated carbocycles. The Morgan fingerprint density at radius 1 is 0.469 bits per heavy atom. The lowest BCUT2D eigenvalue weighted by molar-refractivity contribution is -0.180. The number of hydrogen-bond acceptors (Lipinski definition) is 6. The Morgan fingerprint density at radius 2 is 0.816 bits per heavy atom. The average molecular weight is 649 g/mol. The average Bonchev–Trinajstić information content (AvgIpc) is 3.14. The van der Waals surface area contributed by atoms with Gasteiger partial charge < -0.3 is 18.9 Å². The molecular weight excluding hydrogens is 612 g/mol. The van der Waals surface area contributed by atoms with Crippen molar-refractivity contribution in [1.29, 1.82) is 0 Å². The first-order valence-electron chi connectivity index (χ1n) is 16.3. The molecule has 0 unspecified atom stereocenters. The highest BCUT2D eigenvalue weighted by Gasteiger charge is 2.35. The lowest BCUT2D eigenvalue weighted by atomic mass is 9.93. The molecule has 6 nitrogen and oxygen atoms in total. The number of fused-ring (bicyclic) bond motifs is 4. The Bertz CT molecular complexity index is 2190. The molecule has 0 saturated heterocycles. The molecule has 49 heavy (non-hydrogen) atoms. The van der Waals surface area contributed by atoms with Gasteiger partial charge in [-0.3, -0.25) is 0 Å². The van der Waals surface area contributed by atoms with Gasteiger partial charge in [-0.25, -0.2) is 9.59 Å². The highest BCUT2D eigenvalue weighted by atomic mass is 16.6. The van der Waals surface area contributed by atoms with Crippen molar-refractivity contribution >= 4 is 55.0 Å². The Kier molecular flexibility index (Phi) is 9.07. The van der Waals surface area contributed by atoms with Gasteiger partial charge in [0.2, 0.25) is 0 Å². The van der Waals surface area contributed by atoms with E-state index in [9.17, 15) is 9.59 Å². The maximum Gasteiger partial charge on any atom is 0.340 e. The van der Waals surface area contributed by atoms with Gasteiger partial charge in [-0.15, -0.1) is 0 Å². The summed E-state index contributed by atoms with van der Waals surface area (Å²) >= 11 is 0. The molecule has 7 aromatic carbocycles. The van der Waals surface area contributed by atoms with E-state index >= 15 is 0 Å². The van der Waals surface area contributed by atoms with Crippen LogP contribution in [0.5, 0.6) is 0 Å². The van der Waals surface area contributed by atoms with Crippen molar-refractivity contribution < 1.29 is 28.5 Å². The van der Waals surface area contributed by atoms with Crippen LogP contribution in [0.3, 0.4) is 0 Å². The maximum absolute atomic E-state index is 14.2. The van der Waals surface area contributed by atoms with Gasteiger partial charge in [-0.05, 0) is 67.7 Å². The number of hydrogen-bond donors (Lipinski definition) is 0. The van der Waals surface area contributed by atoms with Crippen molar-refractivity contribution in [3.05, 3.63) is 156 Å². The number of ether oxygens (including phenoxy) is 4. The summed E-state index contributed by atoms with van der Waals surface area (Å²) in [6.07, 6.45) is -3.88. The third-order valence-electron chi connectivity index (χ3n) is 9.15. The van der Waals surface area contributed by atoms with Crippen LogP contribution >= 0.6 is 0 Å². The van der Waals surface area contributed by atoms with E-state index in [0.717, 1.165) is 54.2 Å². The van der Waals surface area contributed by atoms with Gasteiger partial charge in [0.05, 0.1) is 0 Å². The monoisotopic (exact) mass is 648 g/mol. The van der Waals surface area contributed by atoms with Crippen LogP contribution in [0.4, 0.5) is 0 Å². The minimum Gasteiger partial charge on any atom is -0.456 e. The summed E-state index contributed by atoms with van der Waals surface area (Å²) in [7, 11) is 3.00. The smallest absolute Gasteiger partial charge is 0.340 e. The van der Waals surface area contributed by atoms with E-state index in [-0.39, 0.29) is 0 Å². The number of carbonyl (C=O) groups is 2. The van der Waals surface area contributed by atoms with E-state index in [1.165, 1.54) is 14.2 Å². The molecular formula is C43H36O6. The molecule has 6 heteroatoms. The Morgan fingerprint density at radius 3 is 1.20 bits per heavy atom. The molecule has 7 rings (SSSR count). The molecule has 0 bridgehead atoms. The zero-order valence-corrected chi connectivity index (χ0v) is 27.5. The summed E-state index contributed by atoms with van der Waals surface area (Å²) in [5.74, 6) is -1.18. The molecule has 0 amide bonds. The van der Waals surface area contributed by atoms with E-state index in [1.54, 1.807) is 6.92 Å². The second-order valence-corrected chi connectivity index (χ2v) is 12.1. The Hall–Kier alpha value is -5.56. The van der Waals surface area contributed by atoms with Crippen LogP contribution in [0, 0.1) is 0 Å². The first-order chi connectivity index (χ1) is 24.0. The normalized spacial score (nSPS) is 14.0. The SMILES string of the molecule is CO[C@@H](C(=O)O[C@H](c1ccccc1)[C@@H](C)OC(=O)[C@H](OC)c1c2ccccc2cc2ccccc12)c1c2ccccc2cc2ccccc12. The molecule has 0 aliphatic heterocycles. The van der Waals surface area contributed by atoms with Crippen molar-refractivity contribution in [2.45, 2.75) is 31.3 Å². The zero-order valence-electron chi connectivity index (χ0n) is 27.5. The van der Waals surface area contributed by atoms with Crippen molar-refractivity contribution in [2.75, 3.05) is 14.2 Å². The fourth-order valence-electron chi connectivity index (χ4n) is 6.90. The second-order valence-electron chi connectivity index (χ2n) is 12.1. The maximum atomic E-state index is 14.2. The molecule has 0 aromatic heterocycles. The van der Waals surface area contributed by atoms with Crippen LogP contribution in [0.25, 0.3) is 43.1 Å². The molecule has 0 fully saturated rings. The molecule has 244 valence electrons. The minimum atomic E-state index is -1.04. The van der Waals surface area contributed by atoms with Gasteiger partial charge >= 0.3 is 11.9 Å². The van der Waals surface area contributed by atoms with Crippen LogP contribution in [-0.2, 0) is 28.5 Å². The standard InChI is InChI=1S/C43H36O6/c1-27(48-42(44)40(46-2)37-33-21-11-7-17-29(33)25-30-18-8-12-22-34(30)37)39(28-15-5-4-6-16-28)49-43(45)41(47-3)38-35-23-13-9-19-31(35)26-32-20-10-14-24-36(32)38/h4-27,39-41H,1-3H3/t27-,39+,40-,41-/m1/s1. The van der Waals surface area contributed by atoms with Crippen LogP contribution < -0.4 is 0 Å². The fourth-order valence-corrected chi connectivity index (χ4v) is 6.90. The first kappa shape index (κ1) is 32.0. The van der Waals surface area contributed by atoms with Gasteiger partial charge in [0.25, 0.3) is 0 Å². The number of methoxy groups -OCH3 is 2. The van der Waals surface area contributed by atoms with Gasteiger partial charge in [-0.2, -0.15) is 0 Å². The quantitative estimate of drug-likeness (QED) is 0.109. The lowest BCUT2D eigenvalue weighted by Gasteiger charge is -2.28. The fraction of sp³-hybridized carbons (Fsp3) is 0.163. The van der Waals surface area contributed by atoms with E-state index < -0.39 is 36.4 Å². The first-order valence-corrected chi connectivity index (χ1v) is 16.3. The van der Waals surface area contributed by atoms with E-state index in [4.69, 9.17) is 18.9 Å². The largest absolute Gasteiger partial charge is 0.456 e. The van der Waals surface area contributed by atoms with Crippen molar-refractivity contribution in [3.63, 3.8) is 0 Å². The summed E-state index contributed by atoms with van der Waals surface area (Å²) in [4.78, 5) is 28.3. The van der Waals surface area contributed by atoms with Gasteiger partial charge in [0.15, 0.2) is 18.3 Å². The number of rotatable bonds is 10. The van der Waals surface area contributed by atoms with Crippen LogP contribution in [0.15, 0.2) is 140 Å². The van der Waals surface area contributed by atoms with Gasteiger partial charge in [0, 0.05) is 25.3 Å². The predicted octanol–water partition coefficient (Wildman–Crippen LogP) is 9.59. The summed E-state index contributed by atoms with van der Waals surface area (Å²) < 4.78 is 24.2. The molecule has 0 aliphatic carbocycles. The summed E-state index contributed by atoms with van der Waals surface area (Å²) in [5, 5.41) is 7.53. The van der Waals surface area contributed by atoms with Crippen molar-refractivity contribution in [3.8, 4) is 0 Å². The van der Waals surface area contributed by atoms with Gasteiger partial charge in [-0.1, -0.05) is 127 Å². The minimum absolute atomic E-state index is 0.586. The third-order valence-corrected chi connectivity index (χ3v) is 9.15. The Balaban J connectivity index is 1.23. The zero-order chi connectivity index (χ0) is 33.9. The molecule has 4 atom stereocenters. The van der Waals surface area contributed by atoms with E-state index in [2.05, 4.69) is 12.1 Å². The molecule has 0 radical (unpaired) electrons. The summed E-state index contributed by atoms with van der Waals surface area (Å²) in [6, 6.07) is 45.1. The highest BCUT2D eigenvalue weighted by Crippen LogP contribution is 2.38. The second kappa shape index (κ2) is 13.9. The van der Waals surface area contributed by atoms with Crippen LogP contribution in [-0.4, -0.2) is 32.3 Å². The molecule has 7 aromatic rings. The Labute approximate surface area is 284 Å². The third kappa shape index (κ3) is 6.13. The molecule has 0 spiro atoms. The van der Waals surface area contributed by atoms with Crippen molar-refractivity contribution in [2.24, 2.45) is 0 Å². The molecule has 0 N–H and O–H groups in total. The van der Waals surface area contributed by atoms with Crippen LogP contribution in [0.2, 0.25) is 0 Å². The lowest BCUT2D eigenvalue weighted by Crippen LogP contribution is -2.31. The highest BCUT2D eigenvalue weighted by molar-refractivity contribution is 6.06. The van der Waals surface area contributed by atoms with Crippen LogP contribution in [0.1, 0.15) is 41.9 Å². The number of benzene rings is 7. The summed E-state index contributed by atoms with van der Waals surface area (Å²) in [5.41, 5.74) is 2.13. The summed E-state index contributed by atoms with van der Waals surface area (Å²) in [6.45, 7) is 1.73. The molecule has 0 heterocycles. The van der Waals surface area contributed by atoms with Crippen molar-refractivity contribution in [1.82, 2.24) is 0 Å². The number of esters is 2.